The molecule has 1 aliphatic carbocycles. The molecule has 9 rings (SSSR count). The van der Waals surface area contributed by atoms with Crippen LogP contribution in [0.2, 0.25) is 5.02 Å². The van der Waals surface area contributed by atoms with Crippen LogP contribution in [0.5, 0.6) is 11.5 Å². The maximum atomic E-state index is 13.8. The van der Waals surface area contributed by atoms with Gasteiger partial charge in [0.1, 0.15) is 22.8 Å². The number of amides is 1. The second kappa shape index (κ2) is 17.8. The lowest BCUT2D eigenvalue weighted by Crippen LogP contribution is -2.45. The van der Waals surface area contributed by atoms with Gasteiger partial charge in [0, 0.05) is 59.2 Å². The van der Waals surface area contributed by atoms with E-state index in [1.165, 1.54) is 28.3 Å². The van der Waals surface area contributed by atoms with E-state index in [-0.39, 0.29) is 17.2 Å². The minimum absolute atomic E-state index is 0.110. The number of aromatic nitrogens is 2. The number of allylic oxidation sites excluding steroid dienone is 1. The van der Waals surface area contributed by atoms with E-state index < -0.39 is 10.8 Å². The van der Waals surface area contributed by atoms with Crippen molar-refractivity contribution < 1.29 is 28.7 Å². The fraction of sp³-hybridized carbons (Fsp3) is 0.333. The third kappa shape index (κ3) is 9.09. The molecule has 0 unspecified atom stereocenters. The lowest BCUT2D eigenvalue weighted by atomic mass is 9.68. The Hall–Kier alpha value is -5.22. The average Bonchev–Trinajstić information content (AvgIpc) is 3.74. The zero-order valence-corrected chi connectivity index (χ0v) is 34.5. The summed E-state index contributed by atoms with van der Waals surface area (Å²) in [4.78, 5) is 36.0. The van der Waals surface area contributed by atoms with Crippen molar-refractivity contribution in [3.8, 4) is 11.5 Å². The Balaban J connectivity index is 0.916. The van der Waals surface area contributed by atoms with Gasteiger partial charge in [-0.3, -0.25) is 24.5 Å². The number of nitro benzene ring substituents is 1. The van der Waals surface area contributed by atoms with Crippen LogP contribution in [0, 0.1) is 15.5 Å². The van der Waals surface area contributed by atoms with E-state index in [4.69, 9.17) is 30.5 Å². The van der Waals surface area contributed by atoms with Gasteiger partial charge in [0.15, 0.2) is 0 Å². The summed E-state index contributed by atoms with van der Waals surface area (Å²) in [5, 5.41) is 16.7. The molecule has 0 saturated carbocycles. The van der Waals surface area contributed by atoms with Crippen LogP contribution in [0.15, 0.2) is 102 Å². The summed E-state index contributed by atoms with van der Waals surface area (Å²) in [6.07, 6.45) is 9.60. The molecule has 2 fully saturated rings. The van der Waals surface area contributed by atoms with Crippen molar-refractivity contribution in [2.45, 2.75) is 36.7 Å². The van der Waals surface area contributed by atoms with Gasteiger partial charge in [-0.1, -0.05) is 41.4 Å². The number of nitrogens with one attached hydrogen (secondary N) is 3. The van der Waals surface area contributed by atoms with Crippen LogP contribution in [0.3, 0.4) is 0 Å². The lowest BCUT2D eigenvalue weighted by Gasteiger charge is -2.46. The molecule has 4 aliphatic rings. The fourth-order valence-electron chi connectivity index (χ4n) is 8.32. The van der Waals surface area contributed by atoms with E-state index in [1.54, 1.807) is 24.4 Å². The molecule has 3 aliphatic heterocycles. The molecule has 13 nitrogen and oxygen atoms in total. The van der Waals surface area contributed by atoms with Crippen molar-refractivity contribution >= 4 is 63.0 Å². The predicted molar refractivity (Wildman–Crippen MR) is 233 cm³/mol. The SMILES string of the molecule is O=C(NSc1ccc(NC[C@@H]2COCCO2)c([N+](=O)[O-])c1)c1ccc(C2=CCN(CC3=C(c4ccc(Cl)cc4)CC4(CC3)COC4)CC2)cc1Oc1cnc2[nH]ccc2c1. The van der Waals surface area contributed by atoms with Crippen molar-refractivity contribution in [3.63, 3.8) is 0 Å². The summed E-state index contributed by atoms with van der Waals surface area (Å²) in [6, 6.07) is 22.5. The summed E-state index contributed by atoms with van der Waals surface area (Å²) in [7, 11) is 0. The van der Waals surface area contributed by atoms with Gasteiger partial charge < -0.3 is 29.2 Å². The number of rotatable bonds is 13. The molecule has 3 aromatic carbocycles. The standard InChI is InChI=1S/C45H45ClN6O7S/c46-34-4-1-30(2-5-34)39-22-45(27-57-28-45)13-9-33(39)25-51-15-11-29(12-16-51)31-3-7-38(42(20-31)59-35-19-32-10-14-47-43(32)49-23-35)44(53)50-60-37-6-8-40(41(21-37)52(54)55)48-24-36-26-56-17-18-58-36/h1-8,10-11,14,19-21,23,36,48H,9,12-13,15-18,22,24-28H2,(H,47,49)(H,50,53)/t36-/m1/s1. The molecule has 2 aromatic heterocycles. The van der Waals surface area contributed by atoms with Crippen LogP contribution in [-0.2, 0) is 14.2 Å². The first kappa shape index (κ1) is 40.2. The highest BCUT2D eigenvalue weighted by atomic mass is 35.5. The highest BCUT2D eigenvalue weighted by Gasteiger charge is 2.42. The first-order valence-electron chi connectivity index (χ1n) is 20.2. The lowest BCUT2D eigenvalue weighted by molar-refractivity contribution is -0.384. The van der Waals surface area contributed by atoms with Gasteiger partial charge in [-0.15, -0.1) is 0 Å². The summed E-state index contributed by atoms with van der Waals surface area (Å²) in [6.45, 7) is 6.08. The molecule has 1 spiro atoms. The number of aromatic amines is 1. The van der Waals surface area contributed by atoms with Gasteiger partial charge in [-0.25, -0.2) is 4.98 Å². The van der Waals surface area contributed by atoms with Crippen LogP contribution < -0.4 is 14.8 Å². The van der Waals surface area contributed by atoms with Crippen molar-refractivity contribution in [3.05, 3.63) is 129 Å². The van der Waals surface area contributed by atoms with Gasteiger partial charge in [-0.2, -0.15) is 0 Å². The Morgan fingerprint density at radius 3 is 2.68 bits per heavy atom. The Morgan fingerprint density at radius 1 is 1.05 bits per heavy atom. The number of nitro groups is 1. The molecular weight excluding hydrogens is 804 g/mol. The van der Waals surface area contributed by atoms with Gasteiger partial charge in [0.05, 0.1) is 55.8 Å². The number of benzene rings is 3. The molecule has 0 bridgehead atoms. The molecule has 1 amide bonds. The molecule has 15 heteroatoms. The van der Waals surface area contributed by atoms with Crippen molar-refractivity contribution in [1.82, 2.24) is 19.6 Å². The number of anilines is 1. The number of hydrogen-bond acceptors (Lipinski definition) is 11. The highest BCUT2D eigenvalue weighted by molar-refractivity contribution is 7.98. The zero-order valence-electron chi connectivity index (χ0n) is 32.9. The number of fused-ring (bicyclic) bond motifs is 1. The van der Waals surface area contributed by atoms with Gasteiger partial charge in [0.25, 0.3) is 11.6 Å². The third-order valence-electron chi connectivity index (χ3n) is 11.7. The van der Waals surface area contributed by atoms with Crippen molar-refractivity contribution in [1.29, 1.82) is 0 Å². The Kier molecular flexibility index (Phi) is 11.9. The van der Waals surface area contributed by atoms with Crippen LogP contribution in [0.4, 0.5) is 11.4 Å². The Morgan fingerprint density at radius 2 is 1.92 bits per heavy atom. The smallest absolute Gasteiger partial charge is 0.293 e. The van der Waals surface area contributed by atoms with Crippen LogP contribution in [0.25, 0.3) is 22.2 Å². The predicted octanol–water partition coefficient (Wildman–Crippen LogP) is 8.92. The molecule has 2 saturated heterocycles. The van der Waals surface area contributed by atoms with Gasteiger partial charge in [-0.05, 0) is 108 Å². The molecule has 5 heterocycles. The number of hydrogen-bond donors (Lipinski definition) is 3. The maximum absolute atomic E-state index is 13.8. The molecule has 3 N–H and O–H groups in total. The zero-order chi connectivity index (χ0) is 41.1. The van der Waals surface area contributed by atoms with E-state index in [1.807, 2.05) is 42.6 Å². The summed E-state index contributed by atoms with van der Waals surface area (Å²) >= 11 is 7.26. The van der Waals surface area contributed by atoms with E-state index in [2.05, 4.69) is 43.1 Å². The second-order valence-electron chi connectivity index (χ2n) is 15.8. The van der Waals surface area contributed by atoms with E-state index in [0.29, 0.717) is 54.0 Å². The molecule has 1 atom stereocenters. The monoisotopic (exact) mass is 848 g/mol. The van der Waals surface area contributed by atoms with Gasteiger partial charge in [0.2, 0.25) is 0 Å². The topological polar surface area (TPSA) is 153 Å². The normalized spacial score (nSPS) is 19.1. The minimum Gasteiger partial charge on any atom is -0.455 e. The number of carbonyl (C=O) groups excluding carboxylic acids is 1. The largest absolute Gasteiger partial charge is 0.455 e. The first-order chi connectivity index (χ1) is 29.3. The van der Waals surface area contributed by atoms with E-state index in [9.17, 15) is 14.9 Å². The van der Waals surface area contributed by atoms with Crippen LogP contribution in [-0.4, -0.2) is 91.0 Å². The summed E-state index contributed by atoms with van der Waals surface area (Å²) < 4.78 is 26.1. The number of H-pyrrole nitrogens is 1. The number of halogens is 1. The first-order valence-corrected chi connectivity index (χ1v) is 21.4. The van der Waals surface area contributed by atoms with E-state index >= 15 is 0 Å². The molecule has 60 heavy (non-hydrogen) atoms. The van der Waals surface area contributed by atoms with Crippen molar-refractivity contribution in [2.24, 2.45) is 5.41 Å². The quantitative estimate of drug-likeness (QED) is 0.0592. The third-order valence-corrected chi connectivity index (χ3v) is 12.7. The molecule has 310 valence electrons. The Bertz CT molecular complexity index is 2460. The molecular formula is C45H45ClN6O7S. The number of ether oxygens (including phenoxy) is 4. The van der Waals surface area contributed by atoms with Crippen LogP contribution >= 0.6 is 23.5 Å². The van der Waals surface area contributed by atoms with Crippen LogP contribution in [0.1, 0.15) is 47.2 Å². The second-order valence-corrected chi connectivity index (χ2v) is 17.1. The molecule has 0 radical (unpaired) electrons. The number of nitrogens with zero attached hydrogens (tertiary/aromatic N) is 3. The summed E-state index contributed by atoms with van der Waals surface area (Å²) in [5.41, 5.74) is 7.87. The number of pyridine rings is 1. The number of carbonyl (C=O) groups is 1. The minimum atomic E-state index is -0.447. The van der Waals surface area contributed by atoms with E-state index in [0.717, 1.165) is 92.1 Å². The fourth-order valence-corrected chi connectivity index (χ4v) is 9.07. The molecule has 5 aromatic rings. The Labute approximate surface area is 356 Å². The van der Waals surface area contributed by atoms with Gasteiger partial charge >= 0.3 is 0 Å². The average molecular weight is 849 g/mol. The van der Waals surface area contributed by atoms with Crippen molar-refractivity contribution in [2.75, 3.05) is 64.5 Å². The summed E-state index contributed by atoms with van der Waals surface area (Å²) in [5.74, 6) is 0.452. The highest BCUT2D eigenvalue weighted by Crippen LogP contribution is 2.48. The maximum Gasteiger partial charge on any atom is 0.293 e.